The number of para-hydroxylation sites is 1. The van der Waals surface area contributed by atoms with Crippen LogP contribution in [0.25, 0.3) is 0 Å². The van der Waals surface area contributed by atoms with E-state index in [0.717, 1.165) is 48.1 Å². The van der Waals surface area contributed by atoms with Crippen LogP contribution < -0.4 is 4.90 Å². The number of piperidine rings is 3. The predicted molar refractivity (Wildman–Crippen MR) is 126 cm³/mol. The van der Waals surface area contributed by atoms with Gasteiger partial charge in [-0.1, -0.05) is 60.2 Å². The van der Waals surface area contributed by atoms with Crippen molar-refractivity contribution in [3.05, 3.63) is 77.9 Å². The Morgan fingerprint density at radius 1 is 1.03 bits per heavy atom. The first kappa shape index (κ1) is 21.6. The number of ether oxygens (including phenoxy) is 1. The summed E-state index contributed by atoms with van der Waals surface area (Å²) in [7, 11) is 0. The van der Waals surface area contributed by atoms with Crippen molar-refractivity contribution < 1.29 is 14.0 Å². The molecule has 2 aromatic carbocycles. The zero-order chi connectivity index (χ0) is 21.7. The maximum Gasteiger partial charge on any atom is 0.415 e. The van der Waals surface area contributed by atoms with Crippen LogP contribution in [0.4, 0.5) is 10.5 Å². The number of nitrogens with zero attached hydrogens (tertiary/aromatic N) is 2. The van der Waals surface area contributed by atoms with E-state index in [9.17, 15) is 4.79 Å². The molecule has 31 heavy (non-hydrogen) atoms. The average molecular weight is 420 g/mol. The van der Waals surface area contributed by atoms with E-state index in [-0.39, 0.29) is 12.2 Å². The fraction of sp³-hybridized carbons (Fsp3) is 0.444. The summed E-state index contributed by atoms with van der Waals surface area (Å²) in [6, 6.07) is 20.0. The Morgan fingerprint density at radius 3 is 2.32 bits per heavy atom. The van der Waals surface area contributed by atoms with E-state index in [1.54, 1.807) is 4.90 Å². The fourth-order valence-electron chi connectivity index (χ4n) is 5.12. The van der Waals surface area contributed by atoms with E-state index >= 15 is 0 Å². The number of hydrogen-bond acceptors (Lipinski definition) is 2. The molecule has 0 aromatic heterocycles. The van der Waals surface area contributed by atoms with E-state index in [0.29, 0.717) is 12.5 Å². The van der Waals surface area contributed by atoms with Gasteiger partial charge in [0.15, 0.2) is 6.10 Å². The van der Waals surface area contributed by atoms with Crippen LogP contribution in [0.5, 0.6) is 0 Å². The molecule has 5 rings (SSSR count). The van der Waals surface area contributed by atoms with Crippen LogP contribution in [0, 0.1) is 5.92 Å². The van der Waals surface area contributed by atoms with Crippen molar-refractivity contribution in [3.63, 3.8) is 0 Å². The first-order valence-electron chi connectivity index (χ1n) is 11.6. The molecule has 0 radical (unpaired) electrons. The maximum atomic E-state index is 13.4. The number of quaternary nitrogens is 1. The van der Waals surface area contributed by atoms with Gasteiger partial charge in [0.2, 0.25) is 0 Å². The molecule has 4 nitrogen and oxygen atoms in total. The number of amides is 1. The second kappa shape index (κ2) is 9.69. The number of rotatable bonds is 7. The highest BCUT2D eigenvalue weighted by molar-refractivity contribution is 5.87. The lowest BCUT2D eigenvalue weighted by molar-refractivity contribution is -0.945. The maximum absolute atomic E-state index is 13.4. The lowest BCUT2D eigenvalue weighted by Gasteiger charge is -2.52. The summed E-state index contributed by atoms with van der Waals surface area (Å²) in [6.07, 6.45) is 5.57. The molecule has 3 aliphatic rings. The highest BCUT2D eigenvalue weighted by Crippen LogP contribution is 2.36. The van der Waals surface area contributed by atoms with Crippen molar-refractivity contribution in [1.29, 1.82) is 0 Å². The van der Waals surface area contributed by atoms with Crippen LogP contribution in [-0.4, -0.2) is 42.9 Å². The number of hydrogen-bond donors (Lipinski definition) is 0. The molecular weight excluding hydrogens is 384 g/mol. The standard InChI is InChI=1S/C27H35N2O2/c1-22(2)10-9-17-29-18-15-24(16-19-29)26(21-29)31-27(30)28(25-13-7-4-8-14-25)20-23-11-5-3-6-12-23/h3-8,10-14,24,26H,9,15-21H2,1-2H3/q+1/t24?,26-,29?/m0/s1. The highest BCUT2D eigenvalue weighted by atomic mass is 16.6. The van der Waals surface area contributed by atoms with Crippen molar-refractivity contribution in [2.45, 2.75) is 45.8 Å². The van der Waals surface area contributed by atoms with Gasteiger partial charge in [-0.2, -0.15) is 0 Å². The molecule has 3 saturated heterocycles. The van der Waals surface area contributed by atoms with Gasteiger partial charge in [0.1, 0.15) is 6.54 Å². The molecule has 2 bridgehead atoms. The Hall–Kier alpha value is -2.59. The minimum atomic E-state index is -0.226. The topological polar surface area (TPSA) is 29.5 Å². The molecule has 3 aliphatic heterocycles. The van der Waals surface area contributed by atoms with E-state index in [4.69, 9.17) is 4.74 Å². The SMILES string of the molecule is CC(C)=CCC[N+]12CCC(CC1)[C@@H](OC(=O)N(Cc1ccccc1)c1ccccc1)C2. The van der Waals surface area contributed by atoms with Crippen LogP contribution in [0.15, 0.2) is 72.3 Å². The van der Waals surface area contributed by atoms with Gasteiger partial charge in [-0.05, 0) is 31.5 Å². The minimum Gasteiger partial charge on any atom is -0.440 e. The quantitative estimate of drug-likeness (QED) is 0.420. The lowest BCUT2D eigenvalue weighted by Crippen LogP contribution is -2.64. The summed E-state index contributed by atoms with van der Waals surface area (Å²) >= 11 is 0. The third-order valence-electron chi connectivity index (χ3n) is 6.92. The molecule has 0 spiro atoms. The Morgan fingerprint density at radius 2 is 1.68 bits per heavy atom. The Kier molecular flexibility index (Phi) is 6.77. The summed E-state index contributed by atoms with van der Waals surface area (Å²) < 4.78 is 7.32. The van der Waals surface area contributed by atoms with Crippen molar-refractivity contribution in [2.75, 3.05) is 31.1 Å². The smallest absolute Gasteiger partial charge is 0.415 e. The van der Waals surface area contributed by atoms with Crippen molar-refractivity contribution >= 4 is 11.8 Å². The van der Waals surface area contributed by atoms with Gasteiger partial charge in [-0.3, -0.25) is 4.90 Å². The number of carbonyl (C=O) groups excluding carboxylic acids is 1. The van der Waals surface area contributed by atoms with Gasteiger partial charge >= 0.3 is 6.09 Å². The third kappa shape index (κ3) is 5.37. The molecule has 3 fully saturated rings. The molecule has 1 atom stereocenters. The number of benzene rings is 2. The monoisotopic (exact) mass is 419 g/mol. The number of anilines is 1. The van der Waals surface area contributed by atoms with Crippen molar-refractivity contribution in [1.82, 2.24) is 0 Å². The predicted octanol–water partition coefficient (Wildman–Crippen LogP) is 5.80. The zero-order valence-corrected chi connectivity index (χ0v) is 18.9. The average Bonchev–Trinajstić information content (AvgIpc) is 2.79. The summed E-state index contributed by atoms with van der Waals surface area (Å²) in [5, 5.41) is 0. The molecule has 164 valence electrons. The normalized spacial score (nSPS) is 24.5. The first-order chi connectivity index (χ1) is 15.0. The molecule has 1 amide bonds. The molecule has 2 aromatic rings. The Bertz CT molecular complexity index is 882. The summed E-state index contributed by atoms with van der Waals surface area (Å²) in [6.45, 7) is 9.40. The largest absolute Gasteiger partial charge is 0.440 e. The molecule has 0 unspecified atom stereocenters. The zero-order valence-electron chi connectivity index (χ0n) is 18.9. The molecule has 0 aliphatic carbocycles. The number of carbonyl (C=O) groups is 1. The number of fused-ring (bicyclic) bond motifs is 3. The number of allylic oxidation sites excluding steroid dienone is 1. The van der Waals surface area contributed by atoms with Crippen LogP contribution >= 0.6 is 0 Å². The summed E-state index contributed by atoms with van der Waals surface area (Å²) in [5.41, 5.74) is 3.36. The van der Waals surface area contributed by atoms with Crippen LogP contribution in [0.2, 0.25) is 0 Å². The van der Waals surface area contributed by atoms with Crippen LogP contribution in [-0.2, 0) is 11.3 Å². The lowest BCUT2D eigenvalue weighted by atomic mass is 9.83. The fourth-order valence-corrected chi connectivity index (χ4v) is 5.12. The first-order valence-corrected chi connectivity index (χ1v) is 11.6. The molecule has 4 heteroatoms. The van der Waals surface area contributed by atoms with Gasteiger partial charge in [0.05, 0.1) is 26.2 Å². The van der Waals surface area contributed by atoms with Crippen LogP contribution in [0.1, 0.15) is 38.7 Å². The molecule has 3 heterocycles. The minimum absolute atomic E-state index is 0.0173. The highest BCUT2D eigenvalue weighted by Gasteiger charge is 2.47. The second-order valence-corrected chi connectivity index (χ2v) is 9.43. The van der Waals surface area contributed by atoms with Gasteiger partial charge in [-0.25, -0.2) is 4.79 Å². The van der Waals surface area contributed by atoms with Crippen LogP contribution in [0.3, 0.4) is 0 Å². The third-order valence-corrected chi connectivity index (χ3v) is 6.92. The van der Waals surface area contributed by atoms with Crippen molar-refractivity contribution in [2.24, 2.45) is 5.92 Å². The van der Waals surface area contributed by atoms with E-state index in [1.807, 2.05) is 48.5 Å². The van der Waals surface area contributed by atoms with E-state index in [1.165, 1.54) is 18.7 Å². The summed E-state index contributed by atoms with van der Waals surface area (Å²) in [4.78, 5) is 15.2. The van der Waals surface area contributed by atoms with E-state index < -0.39 is 0 Å². The summed E-state index contributed by atoms with van der Waals surface area (Å²) in [5.74, 6) is 0.502. The second-order valence-electron chi connectivity index (χ2n) is 9.43. The van der Waals surface area contributed by atoms with Gasteiger partial charge in [-0.15, -0.1) is 0 Å². The Balaban J connectivity index is 1.47. The van der Waals surface area contributed by atoms with E-state index in [2.05, 4.69) is 32.1 Å². The molecular formula is C27H35N2O2+. The Labute approximate surface area is 186 Å². The van der Waals surface area contributed by atoms with Crippen molar-refractivity contribution in [3.8, 4) is 0 Å². The van der Waals surface area contributed by atoms with Gasteiger partial charge < -0.3 is 9.22 Å². The van der Waals surface area contributed by atoms with Gasteiger partial charge in [0, 0.05) is 30.9 Å². The molecule has 0 saturated carbocycles. The van der Waals surface area contributed by atoms with Gasteiger partial charge in [0.25, 0.3) is 0 Å². The molecule has 0 N–H and O–H groups in total.